The highest BCUT2D eigenvalue weighted by Crippen LogP contribution is 2.10. The van der Waals surface area contributed by atoms with Gasteiger partial charge < -0.3 is 0 Å². The van der Waals surface area contributed by atoms with Crippen molar-refractivity contribution in [2.75, 3.05) is 0 Å². The number of hydrogen-bond donors (Lipinski definition) is 0. The molecule has 6 heteroatoms. The highest BCUT2D eigenvalue weighted by Gasteiger charge is 2.01. The van der Waals surface area contributed by atoms with Gasteiger partial charge in [0, 0.05) is 12.4 Å². The van der Waals surface area contributed by atoms with Crippen molar-refractivity contribution < 1.29 is 0 Å². The maximum absolute atomic E-state index is 5.70. The molecule has 3 aromatic rings. The first-order chi connectivity index (χ1) is 9.35. The van der Waals surface area contributed by atoms with Crippen LogP contribution in [0.2, 0.25) is 0 Å². The van der Waals surface area contributed by atoms with Crippen molar-refractivity contribution in [3.63, 3.8) is 0 Å². The minimum Gasteiger partial charge on any atom is -0.248 e. The summed E-state index contributed by atoms with van der Waals surface area (Å²) in [6.07, 6.45) is 5.53. The average molecular weight is 274 g/mol. The zero-order valence-corrected chi connectivity index (χ0v) is 10.9. The zero-order chi connectivity index (χ0) is 13.1. The molecule has 3 rings (SSSR count). The van der Waals surface area contributed by atoms with Crippen molar-refractivity contribution in [2.45, 2.75) is 12.4 Å². The molecular formula is C13H12ClN5. The van der Waals surface area contributed by atoms with Gasteiger partial charge in [-0.1, -0.05) is 17.3 Å². The number of halogens is 1. The molecule has 5 nitrogen and oxygen atoms in total. The minimum atomic E-state index is 0.387. The lowest BCUT2D eigenvalue weighted by molar-refractivity contribution is 0.649. The second-order valence-corrected chi connectivity index (χ2v) is 4.43. The van der Waals surface area contributed by atoms with Crippen LogP contribution in [-0.4, -0.2) is 24.8 Å². The molecule has 96 valence electrons. The Kier molecular flexibility index (Phi) is 3.29. The Morgan fingerprint density at radius 1 is 1.16 bits per heavy atom. The van der Waals surface area contributed by atoms with E-state index < -0.39 is 0 Å². The van der Waals surface area contributed by atoms with Crippen LogP contribution in [0.4, 0.5) is 0 Å². The molecule has 0 saturated carbocycles. The number of rotatable bonds is 4. The van der Waals surface area contributed by atoms with Gasteiger partial charge in [-0.3, -0.25) is 0 Å². The molecule has 0 unspecified atom stereocenters. The smallest absolute Gasteiger partial charge is 0.0974 e. The average Bonchev–Trinajstić information content (AvgIpc) is 3.10. The monoisotopic (exact) mass is 273 g/mol. The van der Waals surface area contributed by atoms with Gasteiger partial charge >= 0.3 is 0 Å². The lowest BCUT2D eigenvalue weighted by Gasteiger charge is -2.04. The maximum atomic E-state index is 5.70. The highest BCUT2D eigenvalue weighted by atomic mass is 35.5. The van der Waals surface area contributed by atoms with Crippen LogP contribution in [-0.2, 0) is 12.4 Å². The SMILES string of the molecule is ClCc1cn(Cc2ccc(-n3cccn3)cc2)nn1. The van der Waals surface area contributed by atoms with Crippen molar-refractivity contribution in [3.05, 3.63) is 60.2 Å². The van der Waals surface area contributed by atoms with E-state index in [0.29, 0.717) is 12.4 Å². The quantitative estimate of drug-likeness (QED) is 0.685. The van der Waals surface area contributed by atoms with Crippen LogP contribution < -0.4 is 0 Å². The molecule has 19 heavy (non-hydrogen) atoms. The van der Waals surface area contributed by atoms with Crippen LogP contribution in [0.15, 0.2) is 48.9 Å². The van der Waals surface area contributed by atoms with Gasteiger partial charge in [-0.15, -0.1) is 16.7 Å². The first-order valence-corrected chi connectivity index (χ1v) is 6.42. The molecule has 1 aromatic carbocycles. The Balaban J connectivity index is 1.75. The number of hydrogen-bond acceptors (Lipinski definition) is 3. The van der Waals surface area contributed by atoms with Crippen molar-refractivity contribution in [2.24, 2.45) is 0 Å². The fourth-order valence-corrected chi connectivity index (χ4v) is 1.96. The lowest BCUT2D eigenvalue weighted by atomic mass is 10.2. The molecule has 0 aliphatic heterocycles. The summed E-state index contributed by atoms with van der Waals surface area (Å²) in [4.78, 5) is 0. The van der Waals surface area contributed by atoms with E-state index in [0.717, 1.165) is 16.9 Å². The summed E-state index contributed by atoms with van der Waals surface area (Å²) in [6, 6.07) is 10.1. The van der Waals surface area contributed by atoms with Crippen LogP contribution >= 0.6 is 11.6 Å². The number of benzene rings is 1. The lowest BCUT2D eigenvalue weighted by Crippen LogP contribution is -2.01. The molecule has 2 aromatic heterocycles. The molecule has 0 radical (unpaired) electrons. The van der Waals surface area contributed by atoms with E-state index in [9.17, 15) is 0 Å². The third-order valence-electron chi connectivity index (χ3n) is 2.77. The summed E-state index contributed by atoms with van der Waals surface area (Å²) in [7, 11) is 0. The van der Waals surface area contributed by atoms with E-state index in [1.807, 2.05) is 35.3 Å². The third kappa shape index (κ3) is 2.66. The van der Waals surface area contributed by atoms with Crippen molar-refractivity contribution in [1.29, 1.82) is 0 Å². The molecule has 0 N–H and O–H groups in total. The third-order valence-corrected chi connectivity index (χ3v) is 3.05. The fraction of sp³-hybridized carbons (Fsp3) is 0.154. The first kappa shape index (κ1) is 11.9. The van der Waals surface area contributed by atoms with Gasteiger partial charge in [-0.05, 0) is 23.8 Å². The Morgan fingerprint density at radius 2 is 2.00 bits per heavy atom. The molecule has 0 saturated heterocycles. The van der Waals surface area contributed by atoms with E-state index in [-0.39, 0.29) is 0 Å². The van der Waals surface area contributed by atoms with Crippen LogP contribution in [0.25, 0.3) is 5.69 Å². The number of alkyl halides is 1. The van der Waals surface area contributed by atoms with Gasteiger partial charge in [0.2, 0.25) is 0 Å². The standard InChI is InChI=1S/C13H12ClN5/c14-8-12-10-18(17-16-12)9-11-2-4-13(5-3-11)19-7-1-6-15-19/h1-7,10H,8-9H2. The van der Waals surface area contributed by atoms with Crippen LogP contribution in [0, 0.1) is 0 Å². The Bertz CT molecular complexity index is 642. The second-order valence-electron chi connectivity index (χ2n) is 4.16. The van der Waals surface area contributed by atoms with Gasteiger partial charge in [0.15, 0.2) is 0 Å². The van der Waals surface area contributed by atoms with E-state index in [1.165, 1.54) is 0 Å². The predicted octanol–water partition coefficient (Wildman–Crippen LogP) is 2.25. The van der Waals surface area contributed by atoms with Gasteiger partial charge in [0.25, 0.3) is 0 Å². The van der Waals surface area contributed by atoms with Crippen molar-refractivity contribution in [3.8, 4) is 5.69 Å². The van der Waals surface area contributed by atoms with Crippen LogP contribution in [0.5, 0.6) is 0 Å². The Morgan fingerprint density at radius 3 is 2.63 bits per heavy atom. The van der Waals surface area contributed by atoms with Gasteiger partial charge in [-0.25, -0.2) is 9.36 Å². The fourth-order valence-electron chi connectivity index (χ4n) is 1.84. The number of nitrogens with zero attached hydrogens (tertiary/aromatic N) is 5. The van der Waals surface area contributed by atoms with Crippen LogP contribution in [0.3, 0.4) is 0 Å². The van der Waals surface area contributed by atoms with E-state index >= 15 is 0 Å². The van der Waals surface area contributed by atoms with E-state index in [1.54, 1.807) is 10.9 Å². The summed E-state index contributed by atoms with van der Waals surface area (Å²) in [5, 5.41) is 12.2. The molecule has 0 amide bonds. The summed E-state index contributed by atoms with van der Waals surface area (Å²) >= 11 is 5.70. The Labute approximate surface area is 115 Å². The number of aromatic nitrogens is 5. The topological polar surface area (TPSA) is 48.5 Å². The maximum Gasteiger partial charge on any atom is 0.0974 e. The van der Waals surface area contributed by atoms with E-state index in [2.05, 4.69) is 27.5 Å². The first-order valence-electron chi connectivity index (χ1n) is 5.89. The highest BCUT2D eigenvalue weighted by molar-refractivity contribution is 6.16. The van der Waals surface area contributed by atoms with Gasteiger partial charge in [0.1, 0.15) is 0 Å². The molecule has 0 aliphatic carbocycles. The molecule has 0 aliphatic rings. The molecule has 0 fully saturated rings. The molecule has 2 heterocycles. The van der Waals surface area contributed by atoms with Gasteiger partial charge in [-0.2, -0.15) is 5.10 Å². The molecule has 0 atom stereocenters. The van der Waals surface area contributed by atoms with Crippen LogP contribution in [0.1, 0.15) is 11.3 Å². The summed E-state index contributed by atoms with van der Waals surface area (Å²) < 4.78 is 3.60. The van der Waals surface area contributed by atoms with E-state index in [4.69, 9.17) is 11.6 Å². The Hall–Kier alpha value is -2.14. The second kappa shape index (κ2) is 5.24. The van der Waals surface area contributed by atoms with Crippen molar-refractivity contribution in [1.82, 2.24) is 24.8 Å². The molecule has 0 spiro atoms. The van der Waals surface area contributed by atoms with Gasteiger partial charge in [0.05, 0.1) is 30.0 Å². The normalized spacial score (nSPS) is 10.8. The summed E-state index contributed by atoms with van der Waals surface area (Å²) in [6.45, 7) is 0.684. The summed E-state index contributed by atoms with van der Waals surface area (Å²) in [5.74, 6) is 0.387. The predicted molar refractivity (Wildman–Crippen MR) is 72.2 cm³/mol. The zero-order valence-electron chi connectivity index (χ0n) is 10.1. The van der Waals surface area contributed by atoms with Crippen molar-refractivity contribution >= 4 is 11.6 Å². The molecular weight excluding hydrogens is 262 g/mol. The largest absolute Gasteiger partial charge is 0.248 e. The minimum absolute atomic E-state index is 0.387. The molecule has 0 bridgehead atoms. The summed E-state index contributed by atoms with van der Waals surface area (Å²) in [5.41, 5.74) is 2.98.